The van der Waals surface area contributed by atoms with Crippen molar-refractivity contribution in [3.8, 4) is 5.75 Å². The zero-order valence-electron chi connectivity index (χ0n) is 16.0. The number of aromatic hydroxyl groups is 1. The quantitative estimate of drug-likeness (QED) is 0.580. The van der Waals surface area contributed by atoms with Crippen molar-refractivity contribution < 1.29 is 27.8 Å². The number of anilines is 1. The van der Waals surface area contributed by atoms with Crippen LogP contribution in [0, 0.1) is 5.82 Å². The summed E-state index contributed by atoms with van der Waals surface area (Å²) >= 11 is 0. The predicted molar refractivity (Wildman–Crippen MR) is 105 cm³/mol. The highest BCUT2D eigenvalue weighted by atomic mass is 32.2. The number of sulfonamides is 1. The number of benzene rings is 2. The number of aliphatic hydroxyl groups excluding tert-OH is 1. The Morgan fingerprint density at radius 3 is 2.50 bits per heavy atom. The van der Waals surface area contributed by atoms with Gasteiger partial charge in [-0.2, -0.15) is 0 Å². The van der Waals surface area contributed by atoms with Gasteiger partial charge in [0.1, 0.15) is 11.6 Å². The van der Waals surface area contributed by atoms with Crippen molar-refractivity contribution >= 4 is 21.5 Å². The summed E-state index contributed by atoms with van der Waals surface area (Å²) in [6.07, 6.45) is 0.586. The number of rotatable bonds is 8. The van der Waals surface area contributed by atoms with Gasteiger partial charge in [0.15, 0.2) is 5.78 Å². The van der Waals surface area contributed by atoms with Gasteiger partial charge < -0.3 is 10.2 Å². The largest absolute Gasteiger partial charge is 0.507 e. The van der Waals surface area contributed by atoms with Crippen molar-refractivity contribution in [2.45, 2.75) is 51.0 Å². The molecule has 2 aromatic carbocycles. The molecule has 0 aromatic heterocycles. The smallest absolute Gasteiger partial charge is 0.262 e. The Kier molecular flexibility index (Phi) is 6.79. The number of Topliss-reactive ketones (excluding diaryl/α,β-unsaturated/α-hetero) is 1. The van der Waals surface area contributed by atoms with E-state index in [4.69, 9.17) is 0 Å². The molecule has 0 heterocycles. The Morgan fingerprint density at radius 2 is 1.93 bits per heavy atom. The van der Waals surface area contributed by atoms with E-state index in [9.17, 15) is 27.8 Å². The number of phenols is 1. The molecule has 1 atom stereocenters. The highest BCUT2D eigenvalue weighted by Gasteiger charge is 2.22. The van der Waals surface area contributed by atoms with E-state index in [0.717, 1.165) is 18.2 Å². The summed E-state index contributed by atoms with van der Waals surface area (Å²) in [6, 6.07) is 6.27. The van der Waals surface area contributed by atoms with E-state index in [1.807, 2.05) is 6.92 Å². The maximum atomic E-state index is 14.7. The fourth-order valence-electron chi connectivity index (χ4n) is 2.76. The first-order valence-electron chi connectivity index (χ1n) is 8.91. The van der Waals surface area contributed by atoms with Crippen molar-refractivity contribution in [1.82, 2.24) is 0 Å². The highest BCUT2D eigenvalue weighted by Crippen LogP contribution is 2.29. The molecule has 0 radical (unpaired) electrons. The standard InChI is InChI=1S/C20H24FNO5S/c1-4-14-9-15(6-5-12(2)23)20(18(21)10-14)22-28(26,27)16-7-8-19(25)17(11-16)13(3)24/h7-12,22-23,25H,4-6H2,1-3H3/t12-/m1/s1. The molecule has 0 fully saturated rings. The van der Waals surface area contributed by atoms with Crippen LogP contribution in [0.1, 0.15) is 48.7 Å². The third kappa shape index (κ3) is 5.08. The number of aryl methyl sites for hydroxylation is 2. The van der Waals surface area contributed by atoms with Crippen LogP contribution in [0.15, 0.2) is 35.2 Å². The van der Waals surface area contributed by atoms with Crippen molar-refractivity contribution in [2.24, 2.45) is 0 Å². The summed E-state index contributed by atoms with van der Waals surface area (Å²) in [4.78, 5) is 11.3. The molecule has 0 saturated carbocycles. The molecule has 0 spiro atoms. The van der Waals surface area contributed by atoms with Crippen molar-refractivity contribution in [1.29, 1.82) is 0 Å². The lowest BCUT2D eigenvalue weighted by atomic mass is 10.0. The topological polar surface area (TPSA) is 104 Å². The summed E-state index contributed by atoms with van der Waals surface area (Å²) in [5, 5.41) is 19.2. The van der Waals surface area contributed by atoms with E-state index >= 15 is 0 Å². The Balaban J connectivity index is 2.48. The summed E-state index contributed by atoms with van der Waals surface area (Å²) < 4.78 is 42.4. The van der Waals surface area contributed by atoms with Crippen LogP contribution in [0.25, 0.3) is 0 Å². The minimum atomic E-state index is -4.21. The van der Waals surface area contributed by atoms with Crippen LogP contribution in [0.4, 0.5) is 10.1 Å². The maximum Gasteiger partial charge on any atom is 0.262 e. The Labute approximate surface area is 164 Å². The third-order valence-electron chi connectivity index (χ3n) is 4.37. The maximum absolute atomic E-state index is 14.7. The molecule has 3 N–H and O–H groups in total. The molecule has 2 rings (SSSR count). The van der Waals surface area contributed by atoms with Gasteiger partial charge in [0.05, 0.1) is 22.3 Å². The van der Waals surface area contributed by atoms with Crippen LogP contribution in [0.5, 0.6) is 5.75 Å². The first-order valence-corrected chi connectivity index (χ1v) is 10.4. The number of nitrogens with one attached hydrogen (secondary N) is 1. The van der Waals surface area contributed by atoms with Gasteiger partial charge in [0.25, 0.3) is 10.0 Å². The summed E-state index contributed by atoms with van der Waals surface area (Å²) in [5.74, 6) is -1.54. The minimum Gasteiger partial charge on any atom is -0.507 e. The van der Waals surface area contributed by atoms with Crippen LogP contribution in [-0.2, 0) is 22.9 Å². The molecule has 152 valence electrons. The lowest BCUT2D eigenvalue weighted by molar-refractivity contribution is 0.101. The molecule has 0 saturated heterocycles. The third-order valence-corrected chi connectivity index (χ3v) is 5.71. The van der Waals surface area contributed by atoms with E-state index < -0.39 is 27.7 Å². The molecule has 2 aromatic rings. The molecule has 8 heteroatoms. The second kappa shape index (κ2) is 8.70. The molecule has 0 amide bonds. The van der Waals surface area contributed by atoms with Gasteiger partial charge in [-0.1, -0.05) is 13.0 Å². The molecule has 0 aliphatic carbocycles. The molecular formula is C20H24FNO5S. The fraction of sp³-hybridized carbons (Fsp3) is 0.350. The van der Waals surface area contributed by atoms with Crippen molar-refractivity contribution in [2.75, 3.05) is 4.72 Å². The number of aliphatic hydroxyl groups is 1. The number of halogens is 1. The van der Waals surface area contributed by atoms with Gasteiger partial charge in [0.2, 0.25) is 0 Å². The van der Waals surface area contributed by atoms with E-state index in [2.05, 4.69) is 4.72 Å². The van der Waals surface area contributed by atoms with E-state index in [1.54, 1.807) is 13.0 Å². The first kappa shape index (κ1) is 21.8. The average molecular weight is 409 g/mol. The molecule has 6 nitrogen and oxygen atoms in total. The minimum absolute atomic E-state index is 0.140. The molecule has 0 aliphatic rings. The van der Waals surface area contributed by atoms with Crippen molar-refractivity contribution in [3.63, 3.8) is 0 Å². The van der Waals surface area contributed by atoms with E-state index in [1.165, 1.54) is 13.0 Å². The van der Waals surface area contributed by atoms with Crippen molar-refractivity contribution in [3.05, 3.63) is 52.8 Å². The summed E-state index contributed by atoms with van der Waals surface area (Å²) in [7, 11) is -4.21. The Hall–Kier alpha value is -2.45. The number of hydrogen-bond acceptors (Lipinski definition) is 5. The van der Waals surface area contributed by atoms with Gasteiger partial charge in [-0.3, -0.25) is 9.52 Å². The molecule has 0 unspecified atom stereocenters. The summed E-state index contributed by atoms with van der Waals surface area (Å²) in [6.45, 7) is 4.66. The summed E-state index contributed by atoms with van der Waals surface area (Å²) in [5.41, 5.74) is 0.825. The number of carbonyl (C=O) groups excluding carboxylic acids is 1. The van der Waals surface area contributed by atoms with Gasteiger partial charge in [-0.05, 0) is 68.5 Å². The number of hydrogen-bond donors (Lipinski definition) is 3. The molecule has 0 bridgehead atoms. The average Bonchev–Trinajstić information content (AvgIpc) is 2.61. The normalized spacial score (nSPS) is 12.6. The number of carbonyl (C=O) groups is 1. The fourth-order valence-corrected chi connectivity index (χ4v) is 3.90. The predicted octanol–water partition coefficient (Wildman–Crippen LogP) is 3.41. The number of ketones is 1. The second-order valence-corrected chi connectivity index (χ2v) is 8.38. The van der Waals surface area contributed by atoms with Crippen LogP contribution in [-0.4, -0.2) is 30.5 Å². The molecule has 0 aliphatic heterocycles. The molecule has 28 heavy (non-hydrogen) atoms. The zero-order valence-corrected chi connectivity index (χ0v) is 16.8. The molecular weight excluding hydrogens is 385 g/mol. The zero-order chi connectivity index (χ0) is 21.1. The van der Waals surface area contributed by atoms with Crippen LogP contribution >= 0.6 is 0 Å². The SMILES string of the molecule is CCc1cc(F)c(NS(=O)(=O)c2ccc(O)c(C(C)=O)c2)c(CC[C@@H](C)O)c1. The monoisotopic (exact) mass is 409 g/mol. The van der Waals surface area contributed by atoms with Crippen LogP contribution < -0.4 is 4.72 Å². The van der Waals surface area contributed by atoms with E-state index in [-0.39, 0.29) is 28.3 Å². The van der Waals surface area contributed by atoms with Gasteiger partial charge in [-0.25, -0.2) is 12.8 Å². The Morgan fingerprint density at radius 1 is 1.25 bits per heavy atom. The van der Waals surface area contributed by atoms with Crippen LogP contribution in [0.3, 0.4) is 0 Å². The van der Waals surface area contributed by atoms with Gasteiger partial charge >= 0.3 is 0 Å². The van der Waals surface area contributed by atoms with Crippen LogP contribution in [0.2, 0.25) is 0 Å². The Bertz CT molecular complexity index is 986. The van der Waals surface area contributed by atoms with Gasteiger partial charge in [-0.15, -0.1) is 0 Å². The first-order chi connectivity index (χ1) is 13.0. The number of phenolic OH excluding ortho intramolecular Hbond substituents is 1. The van der Waals surface area contributed by atoms with Gasteiger partial charge in [0, 0.05) is 0 Å². The highest BCUT2D eigenvalue weighted by molar-refractivity contribution is 7.92. The second-order valence-electron chi connectivity index (χ2n) is 6.69. The van der Waals surface area contributed by atoms with E-state index in [0.29, 0.717) is 24.0 Å². The lowest BCUT2D eigenvalue weighted by Crippen LogP contribution is -2.17. The lowest BCUT2D eigenvalue weighted by Gasteiger charge is -2.16.